The lowest BCUT2D eigenvalue weighted by molar-refractivity contribution is -0.870. The number of carbonyl (C=O) groups is 1. The van der Waals surface area contributed by atoms with Crippen molar-refractivity contribution in [2.45, 2.75) is 341 Å². The summed E-state index contributed by atoms with van der Waals surface area (Å²) in [5, 5.41) is 14.1. The molecule has 3 atom stereocenters. The van der Waals surface area contributed by atoms with E-state index in [9.17, 15) is 19.4 Å². The number of carbonyl (C=O) groups excluding carboxylic acids is 1. The molecular weight excluding hydrogens is 924 g/mol. The minimum absolute atomic E-state index is 0.0143. The number of nitrogens with one attached hydrogen (secondary N) is 1. The zero-order valence-electron chi connectivity index (χ0n) is 49.6. The number of likely N-dealkylation sites (N-methyl/N-ethyl adjacent to an activating group) is 1. The number of rotatable bonds is 60. The molecule has 0 aliphatic rings. The Morgan fingerprint density at radius 2 is 0.795 bits per heavy atom. The summed E-state index contributed by atoms with van der Waals surface area (Å²) < 4.78 is 23.5. The first-order chi connectivity index (χ1) is 35.5. The highest BCUT2D eigenvalue weighted by atomic mass is 31.2. The monoisotopic (exact) mass is 1050 g/mol. The summed E-state index contributed by atoms with van der Waals surface area (Å²) in [7, 11) is 1.32. The number of aliphatic hydroxyl groups excluding tert-OH is 1. The van der Waals surface area contributed by atoms with Crippen molar-refractivity contribution >= 4 is 13.7 Å². The molecule has 8 nitrogen and oxygen atoms in total. The molecule has 0 fully saturated rings. The van der Waals surface area contributed by atoms with Gasteiger partial charge in [0, 0.05) is 6.42 Å². The highest BCUT2D eigenvalue weighted by molar-refractivity contribution is 7.45. The van der Waals surface area contributed by atoms with Gasteiger partial charge in [0.15, 0.2) is 0 Å². The van der Waals surface area contributed by atoms with Gasteiger partial charge in [0.05, 0.1) is 39.9 Å². The van der Waals surface area contributed by atoms with Gasteiger partial charge in [-0.05, 0) is 44.9 Å². The molecule has 0 aromatic heterocycles. The number of phosphoric acid groups is 1. The van der Waals surface area contributed by atoms with Crippen LogP contribution in [0, 0.1) is 0 Å². The minimum Gasteiger partial charge on any atom is -0.756 e. The summed E-state index contributed by atoms with van der Waals surface area (Å²) in [6.07, 6.45) is 70.8. The van der Waals surface area contributed by atoms with Crippen LogP contribution >= 0.6 is 7.82 Å². The smallest absolute Gasteiger partial charge is 0.268 e. The van der Waals surface area contributed by atoms with Gasteiger partial charge in [-0.2, -0.15) is 0 Å². The van der Waals surface area contributed by atoms with Crippen LogP contribution in [0.25, 0.3) is 0 Å². The number of allylic oxidation sites excluding steroid dienone is 4. The van der Waals surface area contributed by atoms with E-state index in [2.05, 4.69) is 43.5 Å². The van der Waals surface area contributed by atoms with Gasteiger partial charge in [-0.3, -0.25) is 9.36 Å². The Bertz CT molecular complexity index is 1240. The predicted octanol–water partition coefficient (Wildman–Crippen LogP) is 19.3. The Hall–Kier alpha value is -1.02. The molecule has 0 aliphatic carbocycles. The molecule has 0 saturated carbocycles. The molecule has 0 saturated heterocycles. The van der Waals surface area contributed by atoms with E-state index in [0.29, 0.717) is 23.9 Å². The Labute approximate surface area is 455 Å². The van der Waals surface area contributed by atoms with Crippen LogP contribution in [0.1, 0.15) is 328 Å². The van der Waals surface area contributed by atoms with Crippen molar-refractivity contribution in [1.82, 2.24) is 5.32 Å². The molecule has 0 aromatic rings. The van der Waals surface area contributed by atoms with Crippen LogP contribution in [0.4, 0.5) is 0 Å². The van der Waals surface area contributed by atoms with Gasteiger partial charge >= 0.3 is 0 Å². The molecule has 0 aromatic carbocycles. The van der Waals surface area contributed by atoms with Crippen molar-refractivity contribution in [1.29, 1.82) is 0 Å². The van der Waals surface area contributed by atoms with Crippen molar-refractivity contribution in [2.75, 3.05) is 40.9 Å². The van der Waals surface area contributed by atoms with E-state index < -0.39 is 20.0 Å². The fourth-order valence-corrected chi connectivity index (χ4v) is 10.6. The quantitative estimate of drug-likeness (QED) is 0.0272. The summed E-state index contributed by atoms with van der Waals surface area (Å²) in [5.74, 6) is -0.159. The number of amides is 1. The largest absolute Gasteiger partial charge is 0.756 e. The second kappa shape index (κ2) is 55.7. The van der Waals surface area contributed by atoms with Crippen molar-refractivity contribution in [2.24, 2.45) is 0 Å². The summed E-state index contributed by atoms with van der Waals surface area (Å²) in [4.78, 5) is 25.6. The van der Waals surface area contributed by atoms with Crippen LogP contribution in [-0.2, 0) is 18.4 Å². The third kappa shape index (κ3) is 58.5. The highest BCUT2D eigenvalue weighted by Crippen LogP contribution is 2.38. The molecule has 9 heteroatoms. The second-order valence-corrected chi connectivity index (χ2v) is 24.9. The van der Waals surface area contributed by atoms with Gasteiger partial charge in [0.2, 0.25) is 5.91 Å². The van der Waals surface area contributed by atoms with E-state index in [1.165, 1.54) is 257 Å². The van der Waals surface area contributed by atoms with Crippen molar-refractivity contribution < 1.29 is 32.9 Å². The summed E-state index contributed by atoms with van der Waals surface area (Å²) in [6.45, 7) is 4.76. The van der Waals surface area contributed by atoms with Crippen molar-refractivity contribution in [3.63, 3.8) is 0 Å². The number of phosphoric ester groups is 1. The first-order valence-corrected chi connectivity index (χ1v) is 33.6. The van der Waals surface area contributed by atoms with Crippen LogP contribution in [0.3, 0.4) is 0 Å². The molecule has 73 heavy (non-hydrogen) atoms. The summed E-state index contributed by atoms with van der Waals surface area (Å²) in [5.41, 5.74) is 0. The third-order valence-corrected chi connectivity index (χ3v) is 15.9. The van der Waals surface area contributed by atoms with Crippen LogP contribution < -0.4 is 10.2 Å². The number of nitrogens with zero attached hydrogens (tertiary/aromatic N) is 1. The zero-order chi connectivity index (χ0) is 53.5. The van der Waals surface area contributed by atoms with Gasteiger partial charge in [-0.15, -0.1) is 0 Å². The predicted molar refractivity (Wildman–Crippen MR) is 316 cm³/mol. The minimum atomic E-state index is -4.58. The van der Waals surface area contributed by atoms with E-state index in [1.807, 2.05) is 21.1 Å². The molecule has 1 amide bonds. The third-order valence-electron chi connectivity index (χ3n) is 14.9. The maximum atomic E-state index is 13.0. The maximum Gasteiger partial charge on any atom is 0.268 e. The lowest BCUT2D eigenvalue weighted by Gasteiger charge is -2.30. The van der Waals surface area contributed by atoms with Gasteiger partial charge < -0.3 is 28.8 Å². The molecule has 3 unspecified atom stereocenters. The molecular formula is C64H127N2O6P. The zero-order valence-corrected chi connectivity index (χ0v) is 50.5. The van der Waals surface area contributed by atoms with Crippen LogP contribution in [0.5, 0.6) is 0 Å². The van der Waals surface area contributed by atoms with E-state index in [4.69, 9.17) is 9.05 Å². The first kappa shape index (κ1) is 72.0. The van der Waals surface area contributed by atoms with Gasteiger partial charge in [0.25, 0.3) is 7.82 Å². The maximum absolute atomic E-state index is 13.0. The lowest BCUT2D eigenvalue weighted by Crippen LogP contribution is -2.46. The van der Waals surface area contributed by atoms with Gasteiger partial charge in [-0.25, -0.2) is 0 Å². The molecule has 0 heterocycles. The average molecular weight is 1050 g/mol. The fourth-order valence-electron chi connectivity index (χ4n) is 9.90. The van der Waals surface area contributed by atoms with Gasteiger partial charge in [-0.1, -0.05) is 301 Å². The van der Waals surface area contributed by atoms with Crippen molar-refractivity contribution in [3.8, 4) is 0 Å². The van der Waals surface area contributed by atoms with E-state index >= 15 is 0 Å². The SMILES string of the molecule is CCCCCCC/C=C\C/C=C\CCCCCCCCCCCCCCCCCC(=O)NC(COP(=O)([O-])OCC[N+](C)(C)C)C(O)CCCCCCCCCCCCCCCCCCCCCCCCCC. The van der Waals surface area contributed by atoms with Crippen LogP contribution in [0.15, 0.2) is 24.3 Å². The van der Waals surface area contributed by atoms with Gasteiger partial charge in [0.1, 0.15) is 13.2 Å². The van der Waals surface area contributed by atoms with Crippen molar-refractivity contribution in [3.05, 3.63) is 24.3 Å². The molecule has 0 radical (unpaired) electrons. The van der Waals surface area contributed by atoms with E-state index in [1.54, 1.807) is 0 Å². The molecule has 0 aliphatic heterocycles. The Balaban J connectivity index is 4.07. The molecule has 434 valence electrons. The molecule has 2 N–H and O–H groups in total. The number of aliphatic hydroxyl groups is 1. The fraction of sp³-hybridized carbons (Fsp3) is 0.922. The topological polar surface area (TPSA) is 108 Å². The second-order valence-electron chi connectivity index (χ2n) is 23.5. The number of hydrogen-bond acceptors (Lipinski definition) is 6. The van der Waals surface area contributed by atoms with E-state index in [0.717, 1.165) is 44.9 Å². The normalized spacial score (nSPS) is 13.9. The average Bonchev–Trinajstić information content (AvgIpc) is 3.35. The molecule has 0 bridgehead atoms. The lowest BCUT2D eigenvalue weighted by atomic mass is 10.0. The van der Waals surface area contributed by atoms with E-state index in [-0.39, 0.29) is 19.1 Å². The highest BCUT2D eigenvalue weighted by Gasteiger charge is 2.24. The summed E-state index contributed by atoms with van der Waals surface area (Å²) in [6, 6.07) is -0.800. The first-order valence-electron chi connectivity index (χ1n) is 32.2. The Morgan fingerprint density at radius 1 is 0.479 bits per heavy atom. The summed E-state index contributed by atoms with van der Waals surface area (Å²) >= 11 is 0. The van der Waals surface area contributed by atoms with Crippen LogP contribution in [0.2, 0.25) is 0 Å². The molecule has 0 spiro atoms. The Morgan fingerprint density at radius 3 is 1.14 bits per heavy atom. The van der Waals surface area contributed by atoms with Crippen LogP contribution in [-0.4, -0.2) is 68.5 Å². The number of hydrogen-bond donors (Lipinski definition) is 2. The molecule has 0 rings (SSSR count). The Kier molecular flexibility index (Phi) is 54.9. The number of quaternary nitrogens is 1. The standard InChI is InChI=1S/C64H127N2O6P/c1-6-8-10-12-14-16-18-20-22-24-26-28-30-32-33-34-36-38-40-42-44-46-48-50-52-54-56-58-64(68)65-62(61-72-73(69,70)71-60-59-66(3,4)5)63(67)57-55-53-51-49-47-45-43-41-39-37-35-31-29-27-25-23-21-19-17-15-13-11-9-7-2/h18,20,24,26,62-63,67H,6-17,19,21-23,25,27-61H2,1-5H3,(H-,65,68,69,70)/b20-18-,26-24-. The number of unbranched alkanes of at least 4 members (excludes halogenated alkanes) is 43.